The van der Waals surface area contributed by atoms with Crippen molar-refractivity contribution in [1.82, 2.24) is 0 Å². The molecule has 0 spiro atoms. The molecule has 0 atom stereocenters. The summed E-state index contributed by atoms with van der Waals surface area (Å²) in [6.07, 6.45) is 4.70. The van der Waals surface area contributed by atoms with Crippen LogP contribution in [0.2, 0.25) is 0 Å². The third-order valence-corrected chi connectivity index (χ3v) is 5.05. The van der Waals surface area contributed by atoms with E-state index in [9.17, 15) is 0 Å². The summed E-state index contributed by atoms with van der Waals surface area (Å²) < 4.78 is 0. The Bertz CT molecular complexity index is 441. The fourth-order valence-corrected chi connectivity index (χ4v) is 3.96. The largest absolute Gasteiger partial charge is 0.129 e. The topological polar surface area (TPSA) is 0 Å². The zero-order valence-corrected chi connectivity index (χ0v) is 12.1. The lowest BCUT2D eigenvalue weighted by Crippen LogP contribution is -2.09. The van der Waals surface area contributed by atoms with Crippen LogP contribution >= 0.6 is 11.8 Å². The molecular formula is C15H22S. The van der Waals surface area contributed by atoms with Crippen LogP contribution in [-0.4, -0.2) is 6.26 Å². The van der Waals surface area contributed by atoms with Gasteiger partial charge in [0.15, 0.2) is 0 Å². The number of hydrogen-bond acceptors (Lipinski definition) is 1. The molecule has 88 valence electrons. The Morgan fingerprint density at radius 2 is 1.38 bits per heavy atom. The van der Waals surface area contributed by atoms with Crippen molar-refractivity contribution in [2.75, 3.05) is 6.26 Å². The first-order valence-corrected chi connectivity index (χ1v) is 7.25. The van der Waals surface area contributed by atoms with Crippen LogP contribution in [-0.2, 0) is 12.8 Å². The van der Waals surface area contributed by atoms with E-state index >= 15 is 0 Å². The summed E-state index contributed by atoms with van der Waals surface area (Å²) in [6, 6.07) is 0. The van der Waals surface area contributed by atoms with Gasteiger partial charge in [0.2, 0.25) is 0 Å². The maximum absolute atomic E-state index is 2.39. The Hall–Kier alpha value is -0.430. The Morgan fingerprint density at radius 3 is 1.88 bits per heavy atom. The number of rotatable bonds is 1. The molecule has 1 aliphatic carbocycles. The lowest BCUT2D eigenvalue weighted by molar-refractivity contribution is 0.392. The normalized spacial score (nSPS) is 17.6. The smallest absolute Gasteiger partial charge is 0.0133 e. The van der Waals surface area contributed by atoms with Gasteiger partial charge in [0.1, 0.15) is 0 Å². The fraction of sp³-hybridized carbons (Fsp3) is 0.600. The zero-order valence-electron chi connectivity index (χ0n) is 11.3. The van der Waals surface area contributed by atoms with Gasteiger partial charge in [-0.25, -0.2) is 0 Å². The van der Waals surface area contributed by atoms with E-state index in [1.54, 1.807) is 11.1 Å². The molecule has 0 radical (unpaired) electrons. The van der Waals surface area contributed by atoms with E-state index in [0.29, 0.717) is 5.41 Å². The second-order valence-electron chi connectivity index (χ2n) is 5.88. The Balaban J connectivity index is 2.68. The predicted molar refractivity (Wildman–Crippen MR) is 73.6 cm³/mol. The fourth-order valence-electron chi connectivity index (χ4n) is 3.07. The Labute approximate surface area is 104 Å². The average molecular weight is 234 g/mol. The van der Waals surface area contributed by atoms with Crippen molar-refractivity contribution >= 4 is 11.8 Å². The minimum atomic E-state index is 0.460. The second kappa shape index (κ2) is 3.80. The average Bonchev–Trinajstić information content (AvgIpc) is 2.52. The van der Waals surface area contributed by atoms with Gasteiger partial charge >= 0.3 is 0 Å². The van der Waals surface area contributed by atoms with Crippen LogP contribution in [0.4, 0.5) is 0 Å². The Morgan fingerprint density at radius 1 is 0.875 bits per heavy atom. The van der Waals surface area contributed by atoms with Crippen molar-refractivity contribution in [2.24, 2.45) is 5.41 Å². The van der Waals surface area contributed by atoms with E-state index in [1.165, 1.54) is 34.4 Å². The summed E-state index contributed by atoms with van der Waals surface area (Å²) in [5.74, 6) is 0. The molecule has 1 aliphatic rings. The molecule has 1 aromatic rings. The van der Waals surface area contributed by atoms with Crippen LogP contribution in [0.5, 0.6) is 0 Å². The third kappa shape index (κ3) is 1.69. The molecule has 0 saturated carbocycles. The predicted octanol–water partition coefficient (Wildman–Crippen LogP) is 4.46. The van der Waals surface area contributed by atoms with Crippen LogP contribution in [0.15, 0.2) is 4.90 Å². The van der Waals surface area contributed by atoms with Gasteiger partial charge in [-0.1, -0.05) is 13.8 Å². The lowest BCUT2D eigenvalue weighted by atomic mass is 9.90. The van der Waals surface area contributed by atoms with Gasteiger partial charge in [-0.2, -0.15) is 0 Å². The molecule has 0 saturated heterocycles. The maximum atomic E-state index is 2.39. The molecule has 1 heteroatoms. The maximum Gasteiger partial charge on any atom is 0.0133 e. The zero-order chi connectivity index (χ0) is 12.1. The molecule has 0 heterocycles. The van der Waals surface area contributed by atoms with Gasteiger partial charge in [-0.3, -0.25) is 0 Å². The molecule has 0 aromatic heterocycles. The molecule has 16 heavy (non-hydrogen) atoms. The van der Waals surface area contributed by atoms with E-state index in [2.05, 4.69) is 40.9 Å². The van der Waals surface area contributed by atoms with Crippen molar-refractivity contribution in [2.45, 2.75) is 52.4 Å². The van der Waals surface area contributed by atoms with E-state index in [0.717, 1.165) is 0 Å². The molecule has 0 fully saturated rings. The molecule has 0 nitrogen and oxygen atoms in total. The minimum Gasteiger partial charge on any atom is -0.129 e. The van der Waals surface area contributed by atoms with E-state index in [1.807, 2.05) is 11.8 Å². The van der Waals surface area contributed by atoms with Crippen LogP contribution in [0.25, 0.3) is 0 Å². The summed E-state index contributed by atoms with van der Waals surface area (Å²) in [6.45, 7) is 11.7. The minimum absolute atomic E-state index is 0.460. The quantitative estimate of drug-likeness (QED) is 0.647. The van der Waals surface area contributed by atoms with E-state index in [4.69, 9.17) is 0 Å². The van der Waals surface area contributed by atoms with Gasteiger partial charge in [0, 0.05) is 4.90 Å². The highest BCUT2D eigenvalue weighted by atomic mass is 32.2. The summed E-state index contributed by atoms with van der Waals surface area (Å²) >= 11 is 1.90. The molecule has 0 aliphatic heterocycles. The van der Waals surface area contributed by atoms with Gasteiger partial charge in [-0.05, 0) is 73.1 Å². The van der Waals surface area contributed by atoms with Crippen molar-refractivity contribution < 1.29 is 0 Å². The lowest BCUT2D eigenvalue weighted by Gasteiger charge is -2.16. The first-order chi connectivity index (χ1) is 7.37. The molecular weight excluding hydrogens is 212 g/mol. The third-order valence-electron chi connectivity index (χ3n) is 4.03. The number of hydrogen-bond donors (Lipinski definition) is 0. The summed E-state index contributed by atoms with van der Waals surface area (Å²) in [5, 5.41) is 0. The first kappa shape index (κ1) is 12.0. The number of benzene rings is 1. The van der Waals surface area contributed by atoms with Gasteiger partial charge < -0.3 is 0 Å². The molecule has 2 rings (SSSR count). The van der Waals surface area contributed by atoms with Gasteiger partial charge in [0.25, 0.3) is 0 Å². The van der Waals surface area contributed by atoms with Crippen molar-refractivity contribution in [3.8, 4) is 0 Å². The highest BCUT2D eigenvalue weighted by molar-refractivity contribution is 7.98. The summed E-state index contributed by atoms with van der Waals surface area (Å²) in [5.41, 5.74) is 8.31. The molecule has 0 N–H and O–H groups in total. The van der Waals surface area contributed by atoms with E-state index in [-0.39, 0.29) is 0 Å². The monoisotopic (exact) mass is 234 g/mol. The standard InChI is InChI=1S/C15H22S/c1-9-10(2)14(16-6)11(3)13-8-15(4,5)7-12(9)13/h7-8H2,1-6H3. The van der Waals surface area contributed by atoms with Crippen LogP contribution < -0.4 is 0 Å². The Kier molecular flexibility index (Phi) is 2.86. The van der Waals surface area contributed by atoms with Crippen LogP contribution in [0.3, 0.4) is 0 Å². The molecule has 0 bridgehead atoms. The van der Waals surface area contributed by atoms with Gasteiger partial charge in [0.05, 0.1) is 0 Å². The SMILES string of the molecule is CSc1c(C)c(C)c2c(c1C)CC(C)(C)C2. The van der Waals surface area contributed by atoms with Crippen molar-refractivity contribution in [1.29, 1.82) is 0 Å². The van der Waals surface area contributed by atoms with Crippen molar-refractivity contribution in [3.63, 3.8) is 0 Å². The second-order valence-corrected chi connectivity index (χ2v) is 6.70. The molecule has 0 amide bonds. The number of thioether (sulfide) groups is 1. The highest BCUT2D eigenvalue weighted by Gasteiger charge is 2.32. The van der Waals surface area contributed by atoms with E-state index < -0.39 is 0 Å². The van der Waals surface area contributed by atoms with Crippen LogP contribution in [0.1, 0.15) is 41.7 Å². The first-order valence-electron chi connectivity index (χ1n) is 6.03. The van der Waals surface area contributed by atoms with Gasteiger partial charge in [-0.15, -0.1) is 11.8 Å². The molecule has 0 unspecified atom stereocenters. The number of fused-ring (bicyclic) bond motifs is 1. The van der Waals surface area contributed by atoms with Crippen LogP contribution in [0, 0.1) is 26.2 Å². The highest BCUT2D eigenvalue weighted by Crippen LogP contribution is 2.43. The molecule has 1 aromatic carbocycles. The summed E-state index contributed by atoms with van der Waals surface area (Å²) in [4.78, 5) is 1.51. The summed E-state index contributed by atoms with van der Waals surface area (Å²) in [7, 11) is 0. The van der Waals surface area contributed by atoms with Crippen molar-refractivity contribution in [3.05, 3.63) is 27.8 Å².